The van der Waals surface area contributed by atoms with Crippen molar-refractivity contribution >= 4 is 0 Å². The second-order valence-electron chi connectivity index (χ2n) is 6.35. The Morgan fingerprint density at radius 1 is 1.05 bits per heavy atom. The molecule has 1 aromatic rings. The molecule has 0 spiro atoms. The summed E-state index contributed by atoms with van der Waals surface area (Å²) in [7, 11) is 0. The molecule has 1 fully saturated rings. The molecule has 0 aromatic heterocycles. The normalized spacial score (nSPS) is 23.1. The lowest BCUT2D eigenvalue weighted by molar-refractivity contribution is -0.125. The number of halogens is 3. The van der Waals surface area contributed by atoms with E-state index in [4.69, 9.17) is 0 Å². The van der Waals surface area contributed by atoms with Crippen LogP contribution in [0.4, 0.5) is 13.2 Å². The number of rotatable bonds is 5. The van der Waals surface area contributed by atoms with Crippen molar-refractivity contribution < 1.29 is 13.2 Å². The molecule has 0 N–H and O–H groups in total. The summed E-state index contributed by atoms with van der Waals surface area (Å²) in [6.45, 7) is 2.18. The van der Waals surface area contributed by atoms with Gasteiger partial charge in [-0.2, -0.15) is 13.2 Å². The molecule has 2 rings (SSSR count). The van der Waals surface area contributed by atoms with Crippen molar-refractivity contribution in [3.63, 3.8) is 0 Å². The summed E-state index contributed by atoms with van der Waals surface area (Å²) in [6, 6.07) is 8.90. The fourth-order valence-corrected chi connectivity index (χ4v) is 3.28. The third-order valence-electron chi connectivity index (χ3n) is 4.52. The van der Waals surface area contributed by atoms with Gasteiger partial charge in [0.1, 0.15) is 0 Å². The number of aryl methyl sites for hydroxylation is 1. The lowest BCUT2D eigenvalue weighted by Crippen LogP contribution is -2.12. The van der Waals surface area contributed by atoms with Crippen molar-refractivity contribution in [3.8, 4) is 0 Å². The molecule has 0 bridgehead atoms. The van der Waals surface area contributed by atoms with Crippen LogP contribution in [0.15, 0.2) is 36.4 Å². The molecule has 0 atom stereocenters. The van der Waals surface area contributed by atoms with Crippen LogP contribution in [0.1, 0.15) is 62.5 Å². The SMILES string of the molecule is CCCc1ccc(C2CCC(/C=C/CC(F)(F)F)CC2)cc1. The van der Waals surface area contributed by atoms with Crippen molar-refractivity contribution in [1.82, 2.24) is 0 Å². The fraction of sp³-hybridized carbons (Fsp3) is 0.579. The van der Waals surface area contributed by atoms with Crippen molar-refractivity contribution in [2.45, 2.75) is 64.0 Å². The van der Waals surface area contributed by atoms with E-state index in [1.165, 1.54) is 17.2 Å². The van der Waals surface area contributed by atoms with Crippen molar-refractivity contribution in [3.05, 3.63) is 47.5 Å². The zero-order valence-corrected chi connectivity index (χ0v) is 13.2. The van der Waals surface area contributed by atoms with Gasteiger partial charge in [0, 0.05) is 0 Å². The minimum absolute atomic E-state index is 0.318. The van der Waals surface area contributed by atoms with Crippen LogP contribution in [0.5, 0.6) is 0 Å². The van der Waals surface area contributed by atoms with Crippen molar-refractivity contribution in [2.75, 3.05) is 0 Å². The van der Waals surface area contributed by atoms with Crippen LogP contribution >= 0.6 is 0 Å². The van der Waals surface area contributed by atoms with Crippen LogP contribution in [-0.4, -0.2) is 6.18 Å². The number of allylic oxidation sites excluding steroid dienone is 2. The van der Waals surface area contributed by atoms with E-state index in [2.05, 4.69) is 31.2 Å². The second kappa shape index (κ2) is 7.85. The van der Waals surface area contributed by atoms with E-state index in [-0.39, 0.29) is 0 Å². The molecule has 1 saturated carbocycles. The maximum Gasteiger partial charge on any atom is 0.392 e. The van der Waals surface area contributed by atoms with Gasteiger partial charge in [-0.05, 0) is 55.1 Å². The highest BCUT2D eigenvalue weighted by Crippen LogP contribution is 2.36. The smallest absolute Gasteiger partial charge is 0.171 e. The lowest BCUT2D eigenvalue weighted by Gasteiger charge is -2.27. The number of hydrogen-bond donors (Lipinski definition) is 0. The highest BCUT2D eigenvalue weighted by molar-refractivity contribution is 5.26. The summed E-state index contributed by atoms with van der Waals surface area (Å²) in [5.74, 6) is 0.890. The van der Waals surface area contributed by atoms with Gasteiger partial charge in [0.05, 0.1) is 6.42 Å². The standard InChI is InChI=1S/C19H25F3/c1-2-4-15-6-10-17(11-7-15)18-12-8-16(9-13-18)5-3-14-19(20,21)22/h3,5-7,10-11,16,18H,2,4,8-9,12-14H2,1H3/b5-3+. The molecule has 0 saturated heterocycles. The Labute approximate surface area is 131 Å². The molecule has 1 aromatic carbocycles. The van der Waals surface area contributed by atoms with Crippen LogP contribution in [0.3, 0.4) is 0 Å². The maximum atomic E-state index is 12.1. The summed E-state index contributed by atoms with van der Waals surface area (Å²) in [5.41, 5.74) is 2.77. The Bertz CT molecular complexity index is 462. The van der Waals surface area contributed by atoms with Gasteiger partial charge < -0.3 is 0 Å². The van der Waals surface area contributed by atoms with Gasteiger partial charge in [-0.3, -0.25) is 0 Å². The molecule has 0 amide bonds. The summed E-state index contributed by atoms with van der Waals surface area (Å²) < 4.78 is 36.4. The number of hydrogen-bond acceptors (Lipinski definition) is 0. The highest BCUT2D eigenvalue weighted by atomic mass is 19.4. The first-order chi connectivity index (χ1) is 10.5. The van der Waals surface area contributed by atoms with Gasteiger partial charge in [-0.25, -0.2) is 0 Å². The Balaban J connectivity index is 1.81. The summed E-state index contributed by atoms with van der Waals surface area (Å²) in [5, 5.41) is 0. The zero-order chi connectivity index (χ0) is 16.0. The van der Waals surface area contributed by atoms with Gasteiger partial charge in [0.15, 0.2) is 0 Å². The minimum atomic E-state index is -4.08. The predicted octanol–water partition coefficient (Wildman–Crippen LogP) is 6.42. The maximum absolute atomic E-state index is 12.1. The van der Waals surface area contributed by atoms with Crippen molar-refractivity contribution in [2.24, 2.45) is 5.92 Å². The quantitative estimate of drug-likeness (QED) is 0.550. The average Bonchev–Trinajstić information content (AvgIpc) is 2.48. The van der Waals surface area contributed by atoms with Crippen molar-refractivity contribution in [1.29, 1.82) is 0 Å². The molecule has 0 radical (unpaired) electrons. The molecule has 0 aliphatic heterocycles. The van der Waals surface area contributed by atoms with E-state index in [1.807, 2.05) is 0 Å². The van der Waals surface area contributed by atoms with Gasteiger partial charge >= 0.3 is 6.18 Å². The van der Waals surface area contributed by atoms with Crippen LogP contribution in [-0.2, 0) is 6.42 Å². The minimum Gasteiger partial charge on any atom is -0.171 e. The molecular formula is C19H25F3. The molecule has 22 heavy (non-hydrogen) atoms. The van der Waals surface area contributed by atoms with Gasteiger partial charge in [-0.15, -0.1) is 0 Å². The van der Waals surface area contributed by atoms with E-state index in [1.54, 1.807) is 6.08 Å². The Morgan fingerprint density at radius 3 is 2.23 bits per heavy atom. The topological polar surface area (TPSA) is 0 Å². The molecule has 1 aliphatic rings. The van der Waals surface area contributed by atoms with Gasteiger partial charge in [0.25, 0.3) is 0 Å². The third kappa shape index (κ3) is 5.51. The second-order valence-corrected chi connectivity index (χ2v) is 6.35. The van der Waals surface area contributed by atoms with Crippen LogP contribution in [0.25, 0.3) is 0 Å². The molecule has 1 aliphatic carbocycles. The average molecular weight is 310 g/mol. The first-order valence-electron chi connectivity index (χ1n) is 8.30. The van der Waals surface area contributed by atoms with E-state index >= 15 is 0 Å². The number of alkyl halides is 3. The van der Waals surface area contributed by atoms with Gasteiger partial charge in [-0.1, -0.05) is 49.8 Å². The Hall–Kier alpha value is -1.25. The Morgan fingerprint density at radius 2 is 1.68 bits per heavy atom. The van der Waals surface area contributed by atoms with Gasteiger partial charge in [0.2, 0.25) is 0 Å². The molecule has 0 nitrogen and oxygen atoms in total. The van der Waals surface area contributed by atoms with E-state index in [0.29, 0.717) is 11.8 Å². The fourth-order valence-electron chi connectivity index (χ4n) is 3.28. The third-order valence-corrected chi connectivity index (χ3v) is 4.52. The molecule has 0 heterocycles. The molecule has 3 heteroatoms. The first-order valence-corrected chi connectivity index (χ1v) is 8.30. The number of benzene rings is 1. The predicted molar refractivity (Wildman–Crippen MR) is 84.9 cm³/mol. The largest absolute Gasteiger partial charge is 0.392 e. The lowest BCUT2D eigenvalue weighted by atomic mass is 9.78. The van der Waals surface area contributed by atoms with E-state index in [9.17, 15) is 13.2 Å². The van der Waals surface area contributed by atoms with E-state index in [0.717, 1.165) is 38.5 Å². The first kappa shape index (κ1) is 17.1. The van der Waals surface area contributed by atoms with Crippen LogP contribution in [0, 0.1) is 5.92 Å². The van der Waals surface area contributed by atoms with E-state index < -0.39 is 12.6 Å². The molecular weight excluding hydrogens is 285 g/mol. The summed E-state index contributed by atoms with van der Waals surface area (Å²) in [4.78, 5) is 0. The summed E-state index contributed by atoms with van der Waals surface area (Å²) >= 11 is 0. The highest BCUT2D eigenvalue weighted by Gasteiger charge is 2.25. The monoisotopic (exact) mass is 310 g/mol. The molecule has 122 valence electrons. The Kier molecular flexibility index (Phi) is 6.10. The zero-order valence-electron chi connectivity index (χ0n) is 13.2. The van der Waals surface area contributed by atoms with Crippen LogP contribution < -0.4 is 0 Å². The summed E-state index contributed by atoms with van der Waals surface area (Å²) in [6.07, 6.45) is 4.62. The molecule has 0 unspecified atom stereocenters. The van der Waals surface area contributed by atoms with Crippen LogP contribution in [0.2, 0.25) is 0 Å².